The number of hydrogen-bond acceptors (Lipinski definition) is 3. The molecular weight excluding hydrogens is 283 g/mol. The average molecular weight is 297 g/mol. The third kappa shape index (κ3) is 4.05. The van der Waals surface area contributed by atoms with Gasteiger partial charge in [0.2, 0.25) is 9.05 Å². The molecule has 0 aliphatic carbocycles. The summed E-state index contributed by atoms with van der Waals surface area (Å²) in [4.78, 5) is 0. The molecule has 0 unspecified atom stereocenters. The Labute approximate surface area is 111 Å². The second-order valence-corrected chi connectivity index (χ2v) is 8.11. The number of rotatable bonds is 2. The summed E-state index contributed by atoms with van der Waals surface area (Å²) in [6.45, 7) is 5.70. The SMILES string of the molecule is CC(C)(C)c1cc(Cl)cc(CS(=O)(=O)Cl)c1O. The minimum absolute atomic E-state index is 0.0638. The second kappa shape index (κ2) is 4.67. The van der Waals surface area contributed by atoms with Crippen molar-refractivity contribution in [2.75, 3.05) is 0 Å². The molecule has 0 fully saturated rings. The van der Waals surface area contributed by atoms with Gasteiger partial charge in [-0.3, -0.25) is 0 Å². The van der Waals surface area contributed by atoms with Gasteiger partial charge in [0.15, 0.2) is 0 Å². The number of halogens is 2. The molecule has 0 aliphatic heterocycles. The molecule has 1 aromatic rings. The largest absolute Gasteiger partial charge is 0.507 e. The van der Waals surface area contributed by atoms with Gasteiger partial charge in [-0.05, 0) is 17.5 Å². The van der Waals surface area contributed by atoms with Crippen molar-refractivity contribution >= 4 is 31.3 Å². The molecule has 0 bridgehead atoms. The molecule has 0 atom stereocenters. The van der Waals surface area contributed by atoms with Gasteiger partial charge in [-0.2, -0.15) is 0 Å². The summed E-state index contributed by atoms with van der Waals surface area (Å²) < 4.78 is 22.1. The van der Waals surface area contributed by atoms with Crippen LogP contribution in [0.15, 0.2) is 12.1 Å². The Morgan fingerprint density at radius 3 is 2.24 bits per heavy atom. The van der Waals surface area contributed by atoms with Crippen molar-refractivity contribution in [1.29, 1.82) is 0 Å². The van der Waals surface area contributed by atoms with E-state index in [9.17, 15) is 13.5 Å². The van der Waals surface area contributed by atoms with Crippen LogP contribution in [0.3, 0.4) is 0 Å². The van der Waals surface area contributed by atoms with Crippen molar-refractivity contribution in [2.45, 2.75) is 31.9 Å². The monoisotopic (exact) mass is 296 g/mol. The molecule has 0 heterocycles. The third-order valence-corrected chi connectivity index (χ3v) is 3.49. The zero-order chi connectivity index (χ0) is 13.4. The molecule has 1 N–H and O–H groups in total. The smallest absolute Gasteiger partial charge is 0.236 e. The molecular formula is C11H14Cl2O3S. The Kier molecular flexibility index (Phi) is 4.01. The number of benzene rings is 1. The fourth-order valence-electron chi connectivity index (χ4n) is 1.52. The van der Waals surface area contributed by atoms with Crippen molar-refractivity contribution in [2.24, 2.45) is 0 Å². The highest BCUT2D eigenvalue weighted by Gasteiger charge is 2.22. The molecule has 0 aliphatic rings. The van der Waals surface area contributed by atoms with Gasteiger partial charge in [-0.1, -0.05) is 32.4 Å². The van der Waals surface area contributed by atoms with Gasteiger partial charge in [-0.15, -0.1) is 0 Å². The Hall–Kier alpha value is -0.450. The highest BCUT2D eigenvalue weighted by molar-refractivity contribution is 8.13. The topological polar surface area (TPSA) is 54.4 Å². The normalized spacial score (nSPS) is 12.8. The first-order chi connectivity index (χ1) is 7.50. The van der Waals surface area contributed by atoms with Crippen LogP contribution in [0.1, 0.15) is 31.9 Å². The molecule has 3 nitrogen and oxygen atoms in total. The summed E-state index contributed by atoms with van der Waals surface area (Å²) in [5.41, 5.74) is 0.484. The van der Waals surface area contributed by atoms with Crippen molar-refractivity contribution in [1.82, 2.24) is 0 Å². The van der Waals surface area contributed by atoms with Gasteiger partial charge in [0.05, 0.1) is 5.75 Å². The maximum Gasteiger partial charge on any atom is 0.236 e. The van der Waals surface area contributed by atoms with Crippen LogP contribution in [0.4, 0.5) is 0 Å². The molecule has 0 amide bonds. The van der Waals surface area contributed by atoms with Crippen LogP contribution < -0.4 is 0 Å². The number of aromatic hydroxyl groups is 1. The highest BCUT2D eigenvalue weighted by Crippen LogP contribution is 2.36. The Morgan fingerprint density at radius 1 is 1.29 bits per heavy atom. The van der Waals surface area contributed by atoms with E-state index >= 15 is 0 Å². The molecule has 17 heavy (non-hydrogen) atoms. The quantitative estimate of drug-likeness (QED) is 0.851. The molecule has 0 aromatic heterocycles. The number of hydrogen-bond donors (Lipinski definition) is 1. The van der Waals surface area contributed by atoms with E-state index < -0.39 is 14.8 Å². The molecule has 96 valence electrons. The lowest BCUT2D eigenvalue weighted by Gasteiger charge is -2.22. The summed E-state index contributed by atoms with van der Waals surface area (Å²) in [6.07, 6.45) is 0. The minimum atomic E-state index is -3.73. The van der Waals surface area contributed by atoms with E-state index in [0.717, 1.165) is 0 Å². The predicted molar refractivity (Wildman–Crippen MR) is 70.3 cm³/mol. The van der Waals surface area contributed by atoms with Crippen molar-refractivity contribution in [3.63, 3.8) is 0 Å². The fraction of sp³-hybridized carbons (Fsp3) is 0.455. The van der Waals surface area contributed by atoms with Crippen LogP contribution in [-0.4, -0.2) is 13.5 Å². The second-order valence-electron chi connectivity index (χ2n) is 4.89. The maximum atomic E-state index is 11.0. The lowest BCUT2D eigenvalue weighted by Crippen LogP contribution is -2.12. The molecule has 6 heteroatoms. The maximum absolute atomic E-state index is 11.0. The Balaban J connectivity index is 3.39. The van der Waals surface area contributed by atoms with Crippen molar-refractivity contribution in [3.8, 4) is 5.75 Å². The lowest BCUT2D eigenvalue weighted by molar-refractivity contribution is 0.442. The average Bonchev–Trinajstić information content (AvgIpc) is 2.06. The number of phenolic OH excluding ortho intramolecular Hbond substituents is 1. The molecule has 1 rings (SSSR count). The third-order valence-electron chi connectivity index (χ3n) is 2.29. The van der Waals surface area contributed by atoms with Crippen molar-refractivity contribution < 1.29 is 13.5 Å². The van der Waals surface area contributed by atoms with Gasteiger partial charge in [0, 0.05) is 26.8 Å². The van der Waals surface area contributed by atoms with E-state index in [1.54, 1.807) is 6.07 Å². The summed E-state index contributed by atoms with van der Waals surface area (Å²) in [5.74, 6) is -0.504. The predicted octanol–water partition coefficient (Wildman–Crippen LogP) is 3.41. The van der Waals surface area contributed by atoms with E-state index in [4.69, 9.17) is 22.3 Å². The van der Waals surface area contributed by atoms with E-state index in [-0.39, 0.29) is 16.7 Å². The van der Waals surface area contributed by atoms with Crippen LogP contribution in [0, 0.1) is 0 Å². The van der Waals surface area contributed by atoms with E-state index in [1.165, 1.54) is 6.07 Å². The molecule has 0 radical (unpaired) electrons. The first kappa shape index (κ1) is 14.6. The van der Waals surface area contributed by atoms with E-state index in [0.29, 0.717) is 10.6 Å². The molecule has 1 aromatic carbocycles. The van der Waals surface area contributed by atoms with Crippen LogP contribution in [0.5, 0.6) is 5.75 Å². The van der Waals surface area contributed by atoms with Crippen LogP contribution in [0.25, 0.3) is 0 Å². The van der Waals surface area contributed by atoms with Crippen molar-refractivity contribution in [3.05, 3.63) is 28.3 Å². The summed E-state index contributed by atoms with van der Waals surface area (Å²) in [5, 5.41) is 10.4. The van der Waals surface area contributed by atoms with Crippen LogP contribution >= 0.6 is 22.3 Å². The lowest BCUT2D eigenvalue weighted by atomic mass is 9.85. The number of phenols is 1. The molecule has 0 saturated carbocycles. The van der Waals surface area contributed by atoms with Gasteiger partial charge < -0.3 is 5.11 Å². The standard InChI is InChI=1S/C11H14Cl2O3S/c1-11(2,3)9-5-8(12)4-7(10(9)14)6-17(13,15)16/h4-5,14H,6H2,1-3H3. The van der Waals surface area contributed by atoms with Gasteiger partial charge in [0.25, 0.3) is 0 Å². The minimum Gasteiger partial charge on any atom is -0.507 e. The zero-order valence-electron chi connectivity index (χ0n) is 9.79. The summed E-state index contributed by atoms with van der Waals surface area (Å²) in [7, 11) is 1.45. The Bertz CT molecular complexity index is 530. The fourth-order valence-corrected chi connectivity index (χ4v) is 2.71. The summed E-state index contributed by atoms with van der Waals surface area (Å²) >= 11 is 5.91. The van der Waals surface area contributed by atoms with Gasteiger partial charge >= 0.3 is 0 Å². The van der Waals surface area contributed by atoms with E-state index in [2.05, 4.69) is 0 Å². The van der Waals surface area contributed by atoms with Crippen LogP contribution in [0.2, 0.25) is 5.02 Å². The zero-order valence-corrected chi connectivity index (χ0v) is 12.1. The van der Waals surface area contributed by atoms with Crippen LogP contribution in [-0.2, 0) is 20.2 Å². The molecule has 0 spiro atoms. The van der Waals surface area contributed by atoms with E-state index in [1.807, 2.05) is 20.8 Å². The highest BCUT2D eigenvalue weighted by atomic mass is 35.7. The summed E-state index contributed by atoms with van der Waals surface area (Å²) in [6, 6.07) is 3.04. The van der Waals surface area contributed by atoms with Gasteiger partial charge in [0.1, 0.15) is 5.75 Å². The molecule has 0 saturated heterocycles. The first-order valence-electron chi connectivity index (χ1n) is 4.95. The van der Waals surface area contributed by atoms with Gasteiger partial charge in [-0.25, -0.2) is 8.42 Å². The Morgan fingerprint density at radius 2 is 1.82 bits per heavy atom. The first-order valence-corrected chi connectivity index (χ1v) is 7.80.